The van der Waals surface area contributed by atoms with E-state index >= 15 is 0 Å². The quantitative estimate of drug-likeness (QED) is 0.667. The predicted octanol–water partition coefficient (Wildman–Crippen LogP) is 0.889. The van der Waals surface area contributed by atoms with Crippen molar-refractivity contribution in [3.05, 3.63) is 41.2 Å². The van der Waals surface area contributed by atoms with Crippen LogP contribution in [0.15, 0.2) is 39.2 Å². The molecule has 9 nitrogen and oxygen atoms in total. The van der Waals surface area contributed by atoms with E-state index in [1.807, 2.05) is 0 Å². The number of piperazine rings is 1. The smallest absolute Gasteiger partial charge is 0.289 e. The first kappa shape index (κ1) is 21.0. The van der Waals surface area contributed by atoms with E-state index in [2.05, 4.69) is 0 Å². The highest BCUT2D eigenvalue weighted by molar-refractivity contribution is 7.91. The molecule has 0 aliphatic carbocycles. The maximum Gasteiger partial charge on any atom is 0.289 e. The summed E-state index contributed by atoms with van der Waals surface area (Å²) in [7, 11) is -3.66. The van der Waals surface area contributed by atoms with Crippen LogP contribution in [0, 0.1) is 0 Å². The summed E-state index contributed by atoms with van der Waals surface area (Å²) in [5.74, 6) is -0.00891. The molecule has 4 heterocycles. The third kappa shape index (κ3) is 4.43. The van der Waals surface area contributed by atoms with Crippen LogP contribution < -0.4 is 0 Å². The number of ether oxygens (including phenoxy) is 1. The monoisotopic (exact) mass is 453 g/mol. The highest BCUT2D eigenvalue weighted by atomic mass is 32.2. The number of rotatable bonds is 5. The van der Waals surface area contributed by atoms with Gasteiger partial charge in [-0.15, -0.1) is 11.3 Å². The number of furan rings is 1. The van der Waals surface area contributed by atoms with Gasteiger partial charge in [0.1, 0.15) is 4.21 Å². The van der Waals surface area contributed by atoms with Gasteiger partial charge in [0.2, 0.25) is 5.91 Å². The lowest BCUT2D eigenvalue weighted by atomic mass is 10.3. The molecule has 2 amide bonds. The standard InChI is InChI=1S/C19H23N3O6S2/c23-17(20-9-12-27-13-10-20)14-15-3-4-18(29-15)30(25,26)22-7-5-21(6-8-22)19(24)16-2-1-11-28-16/h1-4,11H,5-10,12-14H2. The lowest BCUT2D eigenvalue weighted by Crippen LogP contribution is -2.50. The number of amides is 2. The highest BCUT2D eigenvalue weighted by Crippen LogP contribution is 2.27. The van der Waals surface area contributed by atoms with Crippen LogP contribution in [-0.4, -0.2) is 86.8 Å². The van der Waals surface area contributed by atoms with E-state index in [9.17, 15) is 18.0 Å². The van der Waals surface area contributed by atoms with E-state index in [1.54, 1.807) is 34.1 Å². The number of carbonyl (C=O) groups is 2. The average Bonchev–Trinajstić information content (AvgIpc) is 3.47. The number of nitrogens with zero attached hydrogens (tertiary/aromatic N) is 3. The van der Waals surface area contributed by atoms with Crippen molar-refractivity contribution >= 4 is 33.2 Å². The van der Waals surface area contributed by atoms with Gasteiger partial charge in [-0.2, -0.15) is 4.31 Å². The van der Waals surface area contributed by atoms with Gasteiger partial charge in [-0.25, -0.2) is 8.42 Å². The molecule has 30 heavy (non-hydrogen) atoms. The fourth-order valence-electron chi connectivity index (χ4n) is 3.48. The summed E-state index contributed by atoms with van der Waals surface area (Å²) in [4.78, 5) is 28.8. The number of thiophene rings is 1. The van der Waals surface area contributed by atoms with E-state index in [0.717, 1.165) is 16.2 Å². The molecule has 0 spiro atoms. The maximum atomic E-state index is 13.0. The van der Waals surface area contributed by atoms with Gasteiger partial charge in [0.15, 0.2) is 5.76 Å². The van der Waals surface area contributed by atoms with Gasteiger partial charge in [0.05, 0.1) is 25.9 Å². The summed E-state index contributed by atoms with van der Waals surface area (Å²) in [6, 6.07) is 6.50. The molecule has 0 N–H and O–H groups in total. The fourth-order valence-corrected chi connectivity index (χ4v) is 6.40. The second-order valence-corrected chi connectivity index (χ2v) is 10.4. The first-order valence-corrected chi connectivity index (χ1v) is 12.0. The molecular weight excluding hydrogens is 430 g/mol. The van der Waals surface area contributed by atoms with Crippen molar-refractivity contribution in [1.29, 1.82) is 0 Å². The number of hydrogen-bond acceptors (Lipinski definition) is 7. The van der Waals surface area contributed by atoms with Crippen LogP contribution in [0.25, 0.3) is 0 Å². The van der Waals surface area contributed by atoms with Crippen LogP contribution in [0.3, 0.4) is 0 Å². The van der Waals surface area contributed by atoms with Crippen LogP contribution >= 0.6 is 11.3 Å². The average molecular weight is 454 g/mol. The van der Waals surface area contributed by atoms with Crippen molar-refractivity contribution < 1.29 is 27.2 Å². The molecule has 162 valence electrons. The zero-order valence-corrected chi connectivity index (χ0v) is 18.0. The Morgan fingerprint density at radius 1 is 0.967 bits per heavy atom. The first-order valence-electron chi connectivity index (χ1n) is 9.72. The Kier molecular flexibility index (Phi) is 6.23. The maximum absolute atomic E-state index is 13.0. The van der Waals surface area contributed by atoms with Crippen molar-refractivity contribution in [2.45, 2.75) is 10.6 Å². The zero-order chi connectivity index (χ0) is 21.1. The van der Waals surface area contributed by atoms with Crippen molar-refractivity contribution in [3.8, 4) is 0 Å². The topological polar surface area (TPSA) is 100 Å². The van der Waals surface area contributed by atoms with Crippen molar-refractivity contribution in [2.75, 3.05) is 52.5 Å². The van der Waals surface area contributed by atoms with Crippen LogP contribution in [0.2, 0.25) is 0 Å². The number of morpholine rings is 1. The summed E-state index contributed by atoms with van der Waals surface area (Å²) < 4.78 is 38.0. The van der Waals surface area contributed by atoms with Crippen molar-refractivity contribution in [1.82, 2.24) is 14.1 Å². The third-order valence-electron chi connectivity index (χ3n) is 5.18. The summed E-state index contributed by atoms with van der Waals surface area (Å²) in [5, 5.41) is 0. The van der Waals surface area contributed by atoms with E-state index in [1.165, 1.54) is 10.6 Å². The molecule has 0 atom stereocenters. The van der Waals surface area contributed by atoms with Crippen LogP contribution in [0.5, 0.6) is 0 Å². The molecule has 2 aliphatic heterocycles. The fraction of sp³-hybridized carbons (Fsp3) is 0.474. The lowest BCUT2D eigenvalue weighted by molar-refractivity contribution is -0.134. The van der Waals surface area contributed by atoms with Crippen molar-refractivity contribution in [3.63, 3.8) is 0 Å². The molecule has 0 bridgehead atoms. The molecule has 2 aromatic rings. The molecule has 2 saturated heterocycles. The minimum absolute atomic E-state index is 0.0193. The summed E-state index contributed by atoms with van der Waals surface area (Å²) in [5.41, 5.74) is 0. The van der Waals surface area contributed by atoms with E-state index in [0.29, 0.717) is 39.4 Å². The van der Waals surface area contributed by atoms with Gasteiger partial charge in [-0.1, -0.05) is 0 Å². The van der Waals surface area contributed by atoms with Gasteiger partial charge in [0, 0.05) is 44.1 Å². The number of sulfonamides is 1. The minimum atomic E-state index is -3.66. The largest absolute Gasteiger partial charge is 0.459 e. The molecular formula is C19H23N3O6S2. The van der Waals surface area contributed by atoms with Crippen molar-refractivity contribution in [2.24, 2.45) is 0 Å². The molecule has 0 radical (unpaired) electrons. The van der Waals surface area contributed by atoms with E-state index in [4.69, 9.17) is 9.15 Å². The Hall–Kier alpha value is -2.21. The molecule has 2 aromatic heterocycles. The van der Waals surface area contributed by atoms with Gasteiger partial charge in [-0.3, -0.25) is 9.59 Å². The highest BCUT2D eigenvalue weighted by Gasteiger charge is 2.32. The molecule has 2 aliphatic rings. The Labute approximate surface area is 178 Å². The van der Waals surface area contributed by atoms with Gasteiger partial charge < -0.3 is 19.0 Å². The van der Waals surface area contributed by atoms with Crippen LogP contribution in [-0.2, 0) is 26.0 Å². The first-order chi connectivity index (χ1) is 14.4. The third-order valence-corrected chi connectivity index (χ3v) is 8.63. The molecule has 0 aromatic carbocycles. The van der Waals surface area contributed by atoms with Crippen LogP contribution in [0.4, 0.5) is 0 Å². The molecule has 11 heteroatoms. The Morgan fingerprint density at radius 3 is 2.37 bits per heavy atom. The van der Waals surface area contributed by atoms with E-state index < -0.39 is 10.0 Å². The van der Waals surface area contributed by atoms with Gasteiger partial charge in [-0.05, 0) is 24.3 Å². The van der Waals surface area contributed by atoms with Gasteiger partial charge >= 0.3 is 0 Å². The number of hydrogen-bond donors (Lipinski definition) is 0. The normalized spacial score (nSPS) is 18.5. The summed E-state index contributed by atoms with van der Waals surface area (Å²) in [6.45, 7) is 3.23. The van der Waals surface area contributed by atoms with Crippen LogP contribution in [0.1, 0.15) is 15.4 Å². The molecule has 0 unspecified atom stereocenters. The van der Waals surface area contributed by atoms with Gasteiger partial charge in [0.25, 0.3) is 15.9 Å². The second kappa shape index (κ2) is 8.88. The lowest BCUT2D eigenvalue weighted by Gasteiger charge is -2.33. The zero-order valence-electron chi connectivity index (χ0n) is 16.4. The minimum Gasteiger partial charge on any atom is -0.459 e. The Balaban J connectivity index is 1.36. The Bertz CT molecular complexity index is 987. The molecule has 4 rings (SSSR count). The SMILES string of the molecule is O=C(Cc1ccc(S(=O)(=O)N2CCN(C(=O)c3ccco3)CC2)s1)N1CCOCC1. The Morgan fingerprint density at radius 2 is 1.70 bits per heavy atom. The molecule has 2 fully saturated rings. The number of carbonyl (C=O) groups excluding carboxylic acids is 2. The second-order valence-electron chi connectivity index (χ2n) is 7.06. The molecule has 0 saturated carbocycles. The predicted molar refractivity (Wildman–Crippen MR) is 109 cm³/mol. The summed E-state index contributed by atoms with van der Waals surface area (Å²) in [6.07, 6.45) is 1.62. The summed E-state index contributed by atoms with van der Waals surface area (Å²) >= 11 is 1.13. The van der Waals surface area contributed by atoms with E-state index in [-0.39, 0.29) is 41.3 Å².